The normalized spacial score (nSPS) is 20.2. The summed E-state index contributed by atoms with van der Waals surface area (Å²) in [5, 5.41) is 0. The van der Waals surface area contributed by atoms with Crippen molar-refractivity contribution >= 4 is 0 Å². The van der Waals surface area contributed by atoms with Gasteiger partial charge in [0.05, 0.1) is 0 Å². The zero-order chi connectivity index (χ0) is 11.5. The van der Waals surface area contributed by atoms with Crippen molar-refractivity contribution in [1.29, 1.82) is 0 Å². The molecule has 0 saturated heterocycles. The topological polar surface area (TPSA) is 26.0 Å². The summed E-state index contributed by atoms with van der Waals surface area (Å²) in [5.41, 5.74) is 8.68. The molecule has 0 heterocycles. The highest BCUT2D eigenvalue weighted by atomic mass is 14.5. The van der Waals surface area contributed by atoms with Crippen LogP contribution in [0.3, 0.4) is 0 Å². The van der Waals surface area contributed by atoms with Crippen LogP contribution in [0.1, 0.15) is 56.1 Å². The Labute approximate surface area is 99.0 Å². The van der Waals surface area contributed by atoms with Gasteiger partial charge in [-0.1, -0.05) is 44.5 Å². The molecule has 1 heteroatoms. The van der Waals surface area contributed by atoms with Crippen molar-refractivity contribution in [3.05, 3.63) is 35.4 Å². The van der Waals surface area contributed by atoms with Gasteiger partial charge < -0.3 is 5.73 Å². The molecule has 88 valence electrons. The van der Waals surface area contributed by atoms with Gasteiger partial charge in [0.25, 0.3) is 0 Å². The van der Waals surface area contributed by atoms with Gasteiger partial charge in [-0.3, -0.25) is 0 Å². The number of rotatable bonds is 4. The predicted molar refractivity (Wildman–Crippen MR) is 69.7 cm³/mol. The zero-order valence-electron chi connectivity index (χ0n) is 10.4. The Morgan fingerprint density at radius 3 is 2.25 bits per heavy atom. The SMILES string of the molecule is CC(CN)C(C)c1ccc(C2CCC2)cc1. The first-order chi connectivity index (χ1) is 7.72. The first kappa shape index (κ1) is 11.7. The van der Waals surface area contributed by atoms with Crippen LogP contribution >= 0.6 is 0 Å². The van der Waals surface area contributed by atoms with E-state index in [0.29, 0.717) is 11.8 Å². The standard InChI is InChI=1S/C15H23N/c1-11(10-16)12(2)13-6-8-15(9-7-13)14-4-3-5-14/h6-9,11-12,14H,3-5,10,16H2,1-2H3. The second-order valence-electron chi connectivity index (χ2n) is 5.30. The average molecular weight is 217 g/mol. The molecule has 1 aliphatic carbocycles. The van der Waals surface area contributed by atoms with Crippen LogP contribution in [0.5, 0.6) is 0 Å². The van der Waals surface area contributed by atoms with Gasteiger partial charge in [0.2, 0.25) is 0 Å². The monoisotopic (exact) mass is 217 g/mol. The lowest BCUT2D eigenvalue weighted by molar-refractivity contribution is 0.419. The lowest BCUT2D eigenvalue weighted by Crippen LogP contribution is -2.17. The third-order valence-electron chi connectivity index (χ3n) is 4.26. The van der Waals surface area contributed by atoms with Crippen molar-refractivity contribution in [3.8, 4) is 0 Å². The molecule has 1 saturated carbocycles. The van der Waals surface area contributed by atoms with Crippen molar-refractivity contribution < 1.29 is 0 Å². The smallest absolute Gasteiger partial charge is 0.00458 e. The highest BCUT2D eigenvalue weighted by Gasteiger charge is 2.19. The summed E-state index contributed by atoms with van der Waals surface area (Å²) < 4.78 is 0. The fraction of sp³-hybridized carbons (Fsp3) is 0.600. The molecule has 0 spiro atoms. The summed E-state index contributed by atoms with van der Waals surface area (Å²) in [7, 11) is 0. The van der Waals surface area contributed by atoms with Crippen LogP contribution in [0.25, 0.3) is 0 Å². The Balaban J connectivity index is 2.06. The minimum atomic E-state index is 0.564. The number of hydrogen-bond donors (Lipinski definition) is 1. The highest BCUT2D eigenvalue weighted by Crippen LogP contribution is 2.36. The third-order valence-corrected chi connectivity index (χ3v) is 4.26. The molecular formula is C15H23N. The lowest BCUT2D eigenvalue weighted by Gasteiger charge is -2.26. The van der Waals surface area contributed by atoms with Crippen LogP contribution in [0.15, 0.2) is 24.3 Å². The summed E-state index contributed by atoms with van der Waals surface area (Å²) in [6, 6.07) is 9.23. The molecule has 1 aliphatic rings. The minimum Gasteiger partial charge on any atom is -0.330 e. The molecule has 1 aromatic rings. The highest BCUT2D eigenvalue weighted by molar-refractivity contribution is 5.28. The van der Waals surface area contributed by atoms with Gasteiger partial charge in [0.15, 0.2) is 0 Å². The fourth-order valence-corrected chi connectivity index (χ4v) is 2.35. The summed E-state index contributed by atoms with van der Waals surface area (Å²) in [5.74, 6) is 1.98. The quantitative estimate of drug-likeness (QED) is 0.818. The summed E-state index contributed by atoms with van der Waals surface area (Å²) in [6.45, 7) is 5.27. The maximum Gasteiger partial charge on any atom is -0.00458 e. The lowest BCUT2D eigenvalue weighted by atomic mass is 9.79. The van der Waals surface area contributed by atoms with Gasteiger partial charge in [-0.25, -0.2) is 0 Å². The van der Waals surface area contributed by atoms with Gasteiger partial charge in [-0.05, 0) is 48.3 Å². The van der Waals surface area contributed by atoms with Gasteiger partial charge in [0.1, 0.15) is 0 Å². The van der Waals surface area contributed by atoms with Crippen LogP contribution in [-0.2, 0) is 0 Å². The largest absolute Gasteiger partial charge is 0.330 e. The number of benzene rings is 1. The van der Waals surface area contributed by atoms with Gasteiger partial charge in [-0.2, -0.15) is 0 Å². The molecule has 1 nitrogen and oxygen atoms in total. The van der Waals surface area contributed by atoms with E-state index < -0.39 is 0 Å². The zero-order valence-corrected chi connectivity index (χ0v) is 10.4. The van der Waals surface area contributed by atoms with Crippen molar-refractivity contribution in [1.82, 2.24) is 0 Å². The predicted octanol–water partition coefficient (Wildman–Crippen LogP) is 3.65. The van der Waals surface area contributed by atoms with E-state index in [2.05, 4.69) is 38.1 Å². The molecule has 16 heavy (non-hydrogen) atoms. The van der Waals surface area contributed by atoms with E-state index in [-0.39, 0.29) is 0 Å². The average Bonchev–Trinajstić information content (AvgIpc) is 2.26. The van der Waals surface area contributed by atoms with Crippen molar-refractivity contribution in [3.63, 3.8) is 0 Å². The number of hydrogen-bond acceptors (Lipinski definition) is 1. The van der Waals surface area contributed by atoms with Crippen molar-refractivity contribution in [2.24, 2.45) is 11.7 Å². The Morgan fingerprint density at radius 2 is 1.81 bits per heavy atom. The minimum absolute atomic E-state index is 0.564. The van der Waals surface area contributed by atoms with Crippen LogP contribution in [0.2, 0.25) is 0 Å². The van der Waals surface area contributed by atoms with E-state index in [1.807, 2.05) is 0 Å². The molecule has 0 bridgehead atoms. The van der Waals surface area contributed by atoms with E-state index in [1.54, 1.807) is 0 Å². The maximum absolute atomic E-state index is 5.72. The van der Waals surface area contributed by atoms with Gasteiger partial charge >= 0.3 is 0 Å². The van der Waals surface area contributed by atoms with E-state index in [0.717, 1.165) is 12.5 Å². The Bertz CT molecular complexity index is 324. The molecular weight excluding hydrogens is 194 g/mol. The maximum atomic E-state index is 5.72. The molecule has 0 amide bonds. The molecule has 0 aromatic heterocycles. The molecule has 1 aromatic carbocycles. The van der Waals surface area contributed by atoms with Crippen molar-refractivity contribution in [2.45, 2.75) is 44.9 Å². The van der Waals surface area contributed by atoms with Crippen LogP contribution in [0, 0.1) is 5.92 Å². The van der Waals surface area contributed by atoms with E-state index in [4.69, 9.17) is 5.73 Å². The molecule has 0 radical (unpaired) electrons. The first-order valence-electron chi connectivity index (χ1n) is 6.52. The van der Waals surface area contributed by atoms with Crippen molar-refractivity contribution in [2.75, 3.05) is 6.54 Å². The van der Waals surface area contributed by atoms with Gasteiger partial charge in [-0.15, -0.1) is 0 Å². The van der Waals surface area contributed by atoms with Gasteiger partial charge in [0, 0.05) is 0 Å². The van der Waals surface area contributed by atoms with Crippen LogP contribution in [-0.4, -0.2) is 6.54 Å². The van der Waals surface area contributed by atoms with E-state index in [1.165, 1.54) is 30.4 Å². The van der Waals surface area contributed by atoms with Crippen LogP contribution in [0.4, 0.5) is 0 Å². The summed E-state index contributed by atoms with van der Waals surface area (Å²) in [6.07, 6.45) is 4.18. The second-order valence-corrected chi connectivity index (χ2v) is 5.30. The van der Waals surface area contributed by atoms with E-state index in [9.17, 15) is 0 Å². The number of nitrogens with two attached hydrogens (primary N) is 1. The molecule has 1 fully saturated rings. The summed E-state index contributed by atoms with van der Waals surface area (Å²) >= 11 is 0. The first-order valence-corrected chi connectivity index (χ1v) is 6.52. The molecule has 2 unspecified atom stereocenters. The van der Waals surface area contributed by atoms with E-state index >= 15 is 0 Å². The fourth-order valence-electron chi connectivity index (χ4n) is 2.35. The molecule has 2 rings (SSSR count). The molecule has 0 aliphatic heterocycles. The van der Waals surface area contributed by atoms with Crippen LogP contribution < -0.4 is 5.73 Å². The molecule has 2 atom stereocenters. The molecule has 2 N–H and O–H groups in total. The Hall–Kier alpha value is -0.820. The Kier molecular flexibility index (Phi) is 3.65. The second kappa shape index (κ2) is 5.01. The Morgan fingerprint density at radius 1 is 1.19 bits per heavy atom. The third kappa shape index (κ3) is 2.30. The summed E-state index contributed by atoms with van der Waals surface area (Å²) in [4.78, 5) is 0.